The number of amides is 1. The van der Waals surface area contributed by atoms with Gasteiger partial charge in [-0.2, -0.15) is 13.2 Å². The minimum atomic E-state index is -4.61. The lowest BCUT2D eigenvalue weighted by Crippen LogP contribution is -2.40. The summed E-state index contributed by atoms with van der Waals surface area (Å²) in [5.41, 5.74) is 2.26. The third kappa shape index (κ3) is 5.14. The summed E-state index contributed by atoms with van der Waals surface area (Å²) in [7, 11) is 0. The first kappa shape index (κ1) is 22.0. The summed E-state index contributed by atoms with van der Waals surface area (Å²) in [5.74, 6) is -1.52. The van der Waals surface area contributed by atoms with Gasteiger partial charge in [-0.15, -0.1) is 12.4 Å². The maximum Gasteiger partial charge on any atom is 0.451 e. The number of nitrogens with one attached hydrogen (secondary N) is 2. The lowest BCUT2D eigenvalue weighted by molar-refractivity contribution is -0.145. The molecule has 0 aliphatic carbocycles. The van der Waals surface area contributed by atoms with Gasteiger partial charge in [-0.05, 0) is 24.1 Å². The molecule has 3 rings (SSSR count). The Morgan fingerprint density at radius 3 is 2.50 bits per heavy atom. The van der Waals surface area contributed by atoms with E-state index in [0.717, 1.165) is 23.5 Å². The van der Waals surface area contributed by atoms with Crippen LogP contribution < -0.4 is 10.6 Å². The second-order valence-electron chi connectivity index (χ2n) is 6.30. The lowest BCUT2D eigenvalue weighted by atomic mass is 10.1. The van der Waals surface area contributed by atoms with Crippen molar-refractivity contribution in [2.24, 2.45) is 0 Å². The number of aryl methyl sites for hydroxylation is 1. The number of rotatable bonds is 4. The third-order valence-corrected chi connectivity index (χ3v) is 4.26. The minimum absolute atomic E-state index is 0. The number of carbonyl (C=O) groups excluding carboxylic acids is 1. The zero-order valence-corrected chi connectivity index (χ0v) is 15.6. The van der Waals surface area contributed by atoms with Crippen LogP contribution in [0.2, 0.25) is 0 Å². The van der Waals surface area contributed by atoms with Crippen molar-refractivity contribution in [1.82, 2.24) is 25.6 Å². The zero-order chi connectivity index (χ0) is 19.6. The molecule has 6 nitrogen and oxygen atoms in total. The summed E-state index contributed by atoms with van der Waals surface area (Å²) in [4.78, 5) is 22.9. The van der Waals surface area contributed by atoms with Crippen LogP contribution in [0.25, 0.3) is 11.3 Å². The van der Waals surface area contributed by atoms with Crippen molar-refractivity contribution in [1.29, 1.82) is 0 Å². The number of aromatic nitrogens is 3. The predicted octanol–water partition coefficient (Wildman–Crippen LogP) is 2.60. The lowest BCUT2D eigenvalue weighted by Gasteiger charge is -2.13. The van der Waals surface area contributed by atoms with Crippen molar-refractivity contribution in [3.8, 4) is 11.3 Å². The van der Waals surface area contributed by atoms with Crippen LogP contribution in [0.3, 0.4) is 0 Å². The molecule has 0 radical (unpaired) electrons. The van der Waals surface area contributed by atoms with E-state index < -0.39 is 24.2 Å². The van der Waals surface area contributed by atoms with Crippen molar-refractivity contribution in [3.63, 3.8) is 0 Å². The van der Waals surface area contributed by atoms with Gasteiger partial charge in [-0.1, -0.05) is 0 Å². The number of pyridine rings is 1. The van der Waals surface area contributed by atoms with Gasteiger partial charge in [0.15, 0.2) is 0 Å². The van der Waals surface area contributed by atoms with Crippen molar-refractivity contribution in [3.05, 3.63) is 41.6 Å². The standard InChI is InChI=1S/C17H17F4N5O.ClH/c1-9-4-22-13(11-6-25-16(26-7-11)17(19,20)21)2-10(9)5-24-15(27)14-3-12(18)8-23-14;/h2,4,6-7,12,14,23H,3,5,8H2,1H3,(H,24,27);1H. The Morgan fingerprint density at radius 2 is 1.93 bits per heavy atom. The van der Waals surface area contributed by atoms with E-state index in [0.29, 0.717) is 11.3 Å². The number of hydrogen-bond acceptors (Lipinski definition) is 5. The Kier molecular flexibility index (Phi) is 6.89. The summed E-state index contributed by atoms with van der Waals surface area (Å²) in [6.07, 6.45) is -1.84. The second kappa shape index (κ2) is 8.78. The third-order valence-electron chi connectivity index (χ3n) is 4.26. The average Bonchev–Trinajstić information content (AvgIpc) is 3.07. The molecule has 1 saturated heterocycles. The maximum atomic E-state index is 13.2. The summed E-state index contributed by atoms with van der Waals surface area (Å²) >= 11 is 0. The normalized spacial score (nSPS) is 19.2. The molecule has 3 heterocycles. The number of halogens is 5. The van der Waals surface area contributed by atoms with Crippen LogP contribution in [0, 0.1) is 6.92 Å². The van der Waals surface area contributed by atoms with Gasteiger partial charge in [0.05, 0.1) is 11.7 Å². The molecule has 0 aromatic carbocycles. The summed E-state index contributed by atoms with van der Waals surface area (Å²) in [6.45, 7) is 2.15. The van der Waals surface area contributed by atoms with Crippen LogP contribution >= 0.6 is 12.4 Å². The Bertz CT molecular complexity index is 831. The number of nitrogens with zero attached hydrogens (tertiary/aromatic N) is 3. The highest BCUT2D eigenvalue weighted by molar-refractivity contribution is 5.85. The molecule has 152 valence electrons. The van der Waals surface area contributed by atoms with E-state index in [1.54, 1.807) is 19.2 Å². The highest BCUT2D eigenvalue weighted by Gasteiger charge is 2.34. The maximum absolute atomic E-state index is 13.2. The highest BCUT2D eigenvalue weighted by atomic mass is 35.5. The molecule has 28 heavy (non-hydrogen) atoms. The fraction of sp³-hybridized carbons (Fsp3) is 0.412. The molecule has 2 aromatic heterocycles. The number of alkyl halides is 4. The van der Waals surface area contributed by atoms with E-state index in [9.17, 15) is 22.4 Å². The van der Waals surface area contributed by atoms with Gasteiger partial charge in [0.1, 0.15) is 6.17 Å². The fourth-order valence-electron chi connectivity index (χ4n) is 2.72. The quantitative estimate of drug-likeness (QED) is 0.745. The molecule has 1 amide bonds. The molecule has 2 unspecified atom stereocenters. The van der Waals surface area contributed by atoms with Crippen molar-refractivity contribution in [2.75, 3.05) is 6.54 Å². The first-order valence-electron chi connectivity index (χ1n) is 8.24. The van der Waals surface area contributed by atoms with Crippen LogP contribution in [0.5, 0.6) is 0 Å². The van der Waals surface area contributed by atoms with E-state index in [1.807, 2.05) is 0 Å². The monoisotopic (exact) mass is 419 g/mol. The minimum Gasteiger partial charge on any atom is -0.351 e. The number of carbonyl (C=O) groups is 1. The van der Waals surface area contributed by atoms with Gasteiger partial charge in [0, 0.05) is 43.7 Å². The predicted molar refractivity (Wildman–Crippen MR) is 95.4 cm³/mol. The van der Waals surface area contributed by atoms with Crippen molar-refractivity contribution < 1.29 is 22.4 Å². The van der Waals surface area contributed by atoms with Crippen LogP contribution in [0.1, 0.15) is 23.4 Å². The van der Waals surface area contributed by atoms with Crippen LogP contribution in [0.4, 0.5) is 17.6 Å². The molecule has 1 aliphatic heterocycles. The van der Waals surface area contributed by atoms with Crippen LogP contribution in [0.15, 0.2) is 24.7 Å². The Hall–Kier alpha value is -2.33. The van der Waals surface area contributed by atoms with E-state index in [1.165, 1.54) is 0 Å². The highest BCUT2D eigenvalue weighted by Crippen LogP contribution is 2.27. The average molecular weight is 420 g/mol. The molecule has 0 spiro atoms. The van der Waals surface area contributed by atoms with Gasteiger partial charge in [-0.3, -0.25) is 9.78 Å². The van der Waals surface area contributed by atoms with Gasteiger partial charge < -0.3 is 10.6 Å². The molecule has 11 heteroatoms. The van der Waals surface area contributed by atoms with E-state index in [2.05, 4.69) is 25.6 Å². The summed E-state index contributed by atoms with van der Waals surface area (Å²) in [5, 5.41) is 5.54. The molecular weight excluding hydrogens is 402 g/mol. The molecule has 2 N–H and O–H groups in total. The Balaban J connectivity index is 0.00000280. The van der Waals surface area contributed by atoms with E-state index in [4.69, 9.17) is 0 Å². The second-order valence-corrected chi connectivity index (χ2v) is 6.30. The molecule has 0 bridgehead atoms. The van der Waals surface area contributed by atoms with Crippen LogP contribution in [-0.2, 0) is 17.5 Å². The Labute approximate surface area is 164 Å². The molecular formula is C17H18ClF4N5O. The molecule has 1 aliphatic rings. The van der Waals surface area contributed by atoms with Crippen LogP contribution in [-0.4, -0.2) is 39.6 Å². The SMILES string of the molecule is Cc1cnc(-c2cnc(C(F)(F)F)nc2)cc1CNC(=O)C1CC(F)CN1.Cl. The number of hydrogen-bond donors (Lipinski definition) is 2. The van der Waals surface area contributed by atoms with Gasteiger partial charge in [0.25, 0.3) is 0 Å². The van der Waals surface area contributed by atoms with Gasteiger partial charge in [0.2, 0.25) is 11.7 Å². The first-order chi connectivity index (χ1) is 12.7. The molecule has 1 fully saturated rings. The fourth-order valence-corrected chi connectivity index (χ4v) is 2.72. The Morgan fingerprint density at radius 1 is 1.25 bits per heavy atom. The smallest absolute Gasteiger partial charge is 0.351 e. The molecule has 2 atom stereocenters. The topological polar surface area (TPSA) is 79.8 Å². The van der Waals surface area contributed by atoms with Crippen molar-refractivity contribution in [2.45, 2.75) is 38.3 Å². The van der Waals surface area contributed by atoms with Gasteiger partial charge >= 0.3 is 6.18 Å². The largest absolute Gasteiger partial charge is 0.451 e. The van der Waals surface area contributed by atoms with E-state index >= 15 is 0 Å². The summed E-state index contributed by atoms with van der Waals surface area (Å²) in [6, 6.07) is 1.09. The molecule has 0 saturated carbocycles. The van der Waals surface area contributed by atoms with E-state index in [-0.39, 0.29) is 37.8 Å². The molecule has 2 aromatic rings. The summed E-state index contributed by atoms with van der Waals surface area (Å²) < 4.78 is 50.8. The van der Waals surface area contributed by atoms with Crippen molar-refractivity contribution >= 4 is 18.3 Å². The zero-order valence-electron chi connectivity index (χ0n) is 14.8. The van der Waals surface area contributed by atoms with Gasteiger partial charge in [-0.25, -0.2) is 14.4 Å². The first-order valence-corrected chi connectivity index (χ1v) is 8.24.